The van der Waals surface area contributed by atoms with Gasteiger partial charge in [0.15, 0.2) is 0 Å². The molecule has 166 valence electrons. The minimum atomic E-state index is -0.419. The van der Waals surface area contributed by atoms with Crippen LogP contribution in [0.25, 0.3) is 11.1 Å². The van der Waals surface area contributed by atoms with Gasteiger partial charge in [0.25, 0.3) is 0 Å². The molecule has 6 heteroatoms. The average Bonchev–Trinajstić information content (AvgIpc) is 2.83. The first-order valence-corrected chi connectivity index (χ1v) is 11.2. The summed E-state index contributed by atoms with van der Waals surface area (Å²) in [5, 5.41) is 0. The van der Waals surface area contributed by atoms with E-state index >= 15 is 0 Å². The van der Waals surface area contributed by atoms with Crippen LogP contribution in [0.1, 0.15) is 40.4 Å². The van der Waals surface area contributed by atoms with Crippen molar-refractivity contribution in [2.75, 3.05) is 38.6 Å². The number of nitrogens with zero attached hydrogens (tertiary/aromatic N) is 4. The molecule has 1 unspecified atom stereocenters. The number of hydrogen-bond donors (Lipinski definition) is 1. The van der Waals surface area contributed by atoms with Crippen molar-refractivity contribution in [2.24, 2.45) is 5.73 Å². The van der Waals surface area contributed by atoms with Gasteiger partial charge < -0.3 is 15.5 Å². The summed E-state index contributed by atoms with van der Waals surface area (Å²) >= 11 is 0. The molecule has 1 aromatic heterocycles. The van der Waals surface area contributed by atoms with E-state index in [1.165, 1.54) is 5.56 Å². The van der Waals surface area contributed by atoms with Crippen molar-refractivity contribution < 1.29 is 4.79 Å². The number of piperidine rings is 1. The largest absolute Gasteiger partial charge is 0.366 e. The van der Waals surface area contributed by atoms with Crippen LogP contribution in [-0.2, 0) is 6.42 Å². The normalized spacial score (nSPS) is 16.6. The van der Waals surface area contributed by atoms with Crippen LogP contribution in [0.3, 0.4) is 0 Å². The number of amides is 1. The van der Waals surface area contributed by atoms with Gasteiger partial charge in [-0.1, -0.05) is 42.5 Å². The number of likely N-dealkylation sites (tertiary alicyclic amines) is 1. The number of nitrogens with two attached hydrogens (primary N) is 1. The summed E-state index contributed by atoms with van der Waals surface area (Å²) in [4.78, 5) is 25.5. The molecule has 1 amide bonds. The molecule has 1 atom stereocenters. The van der Waals surface area contributed by atoms with E-state index in [9.17, 15) is 4.79 Å². The van der Waals surface area contributed by atoms with Crippen LogP contribution >= 0.6 is 0 Å². The summed E-state index contributed by atoms with van der Waals surface area (Å²) in [6, 6.07) is 18.1. The molecule has 2 aromatic carbocycles. The molecule has 6 nitrogen and oxygen atoms in total. The summed E-state index contributed by atoms with van der Waals surface area (Å²) < 4.78 is 0. The van der Waals surface area contributed by atoms with Crippen molar-refractivity contribution >= 4 is 11.9 Å². The van der Waals surface area contributed by atoms with Gasteiger partial charge in [0.05, 0.1) is 5.69 Å². The van der Waals surface area contributed by atoms with Crippen LogP contribution in [-0.4, -0.2) is 54.5 Å². The predicted molar refractivity (Wildman–Crippen MR) is 129 cm³/mol. The fraction of sp³-hybridized carbons (Fsp3) is 0.346. The molecule has 1 saturated heterocycles. The number of carbonyl (C=O) groups excluding carboxylic acids is 1. The van der Waals surface area contributed by atoms with Crippen molar-refractivity contribution in [2.45, 2.75) is 25.2 Å². The molecule has 1 fully saturated rings. The number of rotatable bonds is 7. The van der Waals surface area contributed by atoms with Crippen LogP contribution in [0.4, 0.5) is 5.95 Å². The summed E-state index contributed by atoms with van der Waals surface area (Å²) in [5.74, 6) is 0.642. The highest BCUT2D eigenvalue weighted by Crippen LogP contribution is 2.34. The predicted octanol–water partition coefficient (Wildman–Crippen LogP) is 3.73. The lowest BCUT2D eigenvalue weighted by atomic mass is 9.89. The highest BCUT2D eigenvalue weighted by molar-refractivity contribution is 5.93. The molecule has 1 aliphatic heterocycles. The van der Waals surface area contributed by atoms with Gasteiger partial charge in [-0.25, -0.2) is 9.97 Å². The van der Waals surface area contributed by atoms with Crippen molar-refractivity contribution in [3.05, 3.63) is 77.6 Å². The Morgan fingerprint density at radius 1 is 1.12 bits per heavy atom. The number of carbonyl (C=O) groups is 1. The highest BCUT2D eigenvalue weighted by atomic mass is 16.1. The Morgan fingerprint density at radius 3 is 2.56 bits per heavy atom. The van der Waals surface area contributed by atoms with Crippen LogP contribution < -0.4 is 10.6 Å². The maximum Gasteiger partial charge on any atom is 0.248 e. The Morgan fingerprint density at radius 2 is 1.88 bits per heavy atom. The first kappa shape index (κ1) is 22.0. The molecule has 0 saturated carbocycles. The van der Waals surface area contributed by atoms with Crippen LogP contribution in [0.5, 0.6) is 0 Å². The van der Waals surface area contributed by atoms with E-state index in [0.717, 1.165) is 61.7 Å². The summed E-state index contributed by atoms with van der Waals surface area (Å²) in [7, 11) is 3.93. The quantitative estimate of drug-likeness (QED) is 0.619. The lowest BCUT2D eigenvalue weighted by molar-refractivity contribution is 0.100. The lowest BCUT2D eigenvalue weighted by Gasteiger charge is -2.33. The number of benzene rings is 2. The second kappa shape index (κ2) is 9.92. The van der Waals surface area contributed by atoms with E-state index in [0.29, 0.717) is 11.5 Å². The Kier molecular flexibility index (Phi) is 6.81. The minimum absolute atomic E-state index is 0.340. The Hall–Kier alpha value is -3.25. The highest BCUT2D eigenvalue weighted by Gasteiger charge is 2.26. The third-order valence-electron chi connectivity index (χ3n) is 6.14. The maximum absolute atomic E-state index is 11.5. The van der Waals surface area contributed by atoms with Crippen LogP contribution in [0, 0.1) is 0 Å². The van der Waals surface area contributed by atoms with Gasteiger partial charge in [0.1, 0.15) is 0 Å². The zero-order chi connectivity index (χ0) is 22.5. The zero-order valence-corrected chi connectivity index (χ0v) is 18.9. The van der Waals surface area contributed by atoms with Crippen molar-refractivity contribution in [3.63, 3.8) is 0 Å². The summed E-state index contributed by atoms with van der Waals surface area (Å²) in [6.45, 7) is 3.16. The van der Waals surface area contributed by atoms with Crippen LogP contribution in [0.2, 0.25) is 0 Å². The molecular formula is C26H31N5O. The molecule has 2 N–H and O–H groups in total. The van der Waals surface area contributed by atoms with E-state index in [1.54, 1.807) is 12.1 Å². The SMILES string of the molecule is CN(C)c1ncc(-c2ccc(C(N)=O)cc2)c(C2CCCN(CCc3ccccc3)C2)n1. The van der Waals surface area contributed by atoms with Crippen molar-refractivity contribution in [3.8, 4) is 11.1 Å². The summed E-state index contributed by atoms with van der Waals surface area (Å²) in [5.41, 5.74) is 10.4. The fourth-order valence-electron chi connectivity index (χ4n) is 4.36. The third kappa shape index (κ3) is 5.14. The van der Waals surface area contributed by atoms with Gasteiger partial charge in [-0.2, -0.15) is 0 Å². The fourth-order valence-corrected chi connectivity index (χ4v) is 4.36. The molecule has 2 heterocycles. The monoisotopic (exact) mass is 429 g/mol. The van der Waals surface area contributed by atoms with Gasteiger partial charge in [-0.15, -0.1) is 0 Å². The first-order chi connectivity index (χ1) is 15.5. The Labute approximate surface area is 190 Å². The van der Waals surface area contributed by atoms with Gasteiger partial charge in [0, 0.05) is 50.4 Å². The van der Waals surface area contributed by atoms with Crippen molar-refractivity contribution in [1.82, 2.24) is 14.9 Å². The summed E-state index contributed by atoms with van der Waals surface area (Å²) in [6.07, 6.45) is 5.24. The van der Waals surface area contributed by atoms with E-state index in [2.05, 4.69) is 40.2 Å². The molecule has 0 bridgehead atoms. The van der Waals surface area contributed by atoms with Gasteiger partial charge >= 0.3 is 0 Å². The van der Waals surface area contributed by atoms with Gasteiger partial charge in [0.2, 0.25) is 11.9 Å². The second-order valence-corrected chi connectivity index (χ2v) is 8.68. The number of hydrogen-bond acceptors (Lipinski definition) is 5. The van der Waals surface area contributed by atoms with E-state index in [-0.39, 0.29) is 0 Å². The second-order valence-electron chi connectivity index (χ2n) is 8.68. The van der Waals surface area contributed by atoms with Gasteiger partial charge in [-0.05, 0) is 49.1 Å². The molecule has 4 rings (SSSR count). The molecule has 3 aromatic rings. The van der Waals surface area contributed by atoms with Crippen molar-refractivity contribution in [1.29, 1.82) is 0 Å². The number of primary amides is 1. The van der Waals surface area contributed by atoms with E-state index in [1.807, 2.05) is 37.3 Å². The van der Waals surface area contributed by atoms with Gasteiger partial charge in [-0.3, -0.25) is 4.79 Å². The number of aromatic nitrogens is 2. The molecule has 1 aliphatic rings. The van der Waals surface area contributed by atoms with Crippen LogP contribution in [0.15, 0.2) is 60.8 Å². The minimum Gasteiger partial charge on any atom is -0.366 e. The molecule has 0 radical (unpaired) electrons. The number of anilines is 1. The van der Waals surface area contributed by atoms with E-state index in [4.69, 9.17) is 10.7 Å². The zero-order valence-electron chi connectivity index (χ0n) is 18.9. The van der Waals surface area contributed by atoms with E-state index < -0.39 is 5.91 Å². The first-order valence-electron chi connectivity index (χ1n) is 11.2. The Balaban J connectivity index is 1.58. The third-order valence-corrected chi connectivity index (χ3v) is 6.14. The maximum atomic E-state index is 11.5. The smallest absolute Gasteiger partial charge is 0.248 e. The molecular weight excluding hydrogens is 398 g/mol. The molecule has 0 aliphatic carbocycles. The Bertz CT molecular complexity index is 1050. The topological polar surface area (TPSA) is 75.4 Å². The standard InChI is InChI=1S/C26H31N5O/c1-30(2)26-28-17-23(20-10-12-21(13-11-20)25(27)32)24(29-26)22-9-6-15-31(18-22)16-14-19-7-4-3-5-8-19/h3-5,7-8,10-13,17,22H,6,9,14-16,18H2,1-2H3,(H2,27,32). The average molecular weight is 430 g/mol. The lowest BCUT2D eigenvalue weighted by Crippen LogP contribution is -2.36. The molecule has 0 spiro atoms. The molecule has 32 heavy (non-hydrogen) atoms.